The lowest BCUT2D eigenvalue weighted by Crippen LogP contribution is -2.42. The lowest BCUT2D eigenvalue weighted by Gasteiger charge is -2.40. The molecular formula is C24H24FN3OS. The number of hydrogen-bond donors (Lipinski definition) is 1. The highest BCUT2D eigenvalue weighted by Crippen LogP contribution is 2.40. The van der Waals surface area contributed by atoms with Gasteiger partial charge in [0, 0.05) is 23.9 Å². The first-order valence-electron chi connectivity index (χ1n) is 9.78. The Bertz CT molecular complexity index is 1150. The highest BCUT2D eigenvalue weighted by molar-refractivity contribution is 8.18. The fraction of sp³-hybridized carbons (Fsp3) is 0.250. The molecule has 0 spiro atoms. The number of likely N-dealkylation sites (N-methyl/N-ethyl adjacent to an activating group) is 1. The van der Waals surface area contributed by atoms with Gasteiger partial charge in [0.2, 0.25) is 0 Å². The number of amides is 1. The van der Waals surface area contributed by atoms with Gasteiger partial charge < -0.3 is 10.2 Å². The van der Waals surface area contributed by atoms with Crippen LogP contribution in [0.1, 0.15) is 37.5 Å². The summed E-state index contributed by atoms with van der Waals surface area (Å²) < 4.78 is 14.9. The van der Waals surface area contributed by atoms with E-state index in [1.165, 1.54) is 11.8 Å². The summed E-state index contributed by atoms with van der Waals surface area (Å²) in [6, 6.07) is 11.1. The first-order valence-corrected chi connectivity index (χ1v) is 10.6. The Morgan fingerprint density at radius 1 is 1.20 bits per heavy atom. The number of aryl methyl sites for hydroxylation is 1. The van der Waals surface area contributed by atoms with E-state index in [1.54, 1.807) is 12.1 Å². The van der Waals surface area contributed by atoms with Crippen LogP contribution >= 0.6 is 11.8 Å². The molecule has 4 rings (SSSR count). The summed E-state index contributed by atoms with van der Waals surface area (Å²) in [6.07, 6.45) is 3.77. The number of fused-ring (bicyclic) bond motifs is 1. The molecule has 0 atom stereocenters. The zero-order valence-electron chi connectivity index (χ0n) is 17.7. The van der Waals surface area contributed by atoms with Crippen molar-refractivity contribution in [3.8, 4) is 0 Å². The Kier molecular flexibility index (Phi) is 5.06. The summed E-state index contributed by atoms with van der Waals surface area (Å²) in [4.78, 5) is 19.5. The molecule has 2 aliphatic rings. The van der Waals surface area contributed by atoms with Crippen molar-refractivity contribution in [1.82, 2.24) is 5.32 Å². The maximum atomic E-state index is 14.9. The summed E-state index contributed by atoms with van der Waals surface area (Å²) in [5.74, 6) is -0.619. The summed E-state index contributed by atoms with van der Waals surface area (Å²) in [5, 5.41) is 3.27. The summed E-state index contributed by atoms with van der Waals surface area (Å²) in [7, 11) is 1.97. The van der Waals surface area contributed by atoms with Gasteiger partial charge in [-0.1, -0.05) is 24.3 Å². The Hall–Kier alpha value is -2.86. The summed E-state index contributed by atoms with van der Waals surface area (Å²) in [6.45, 7) is 8.20. The van der Waals surface area contributed by atoms with Crippen LogP contribution in [0.25, 0.3) is 11.6 Å². The number of allylic oxidation sites excluding steroid dienone is 1. The van der Waals surface area contributed by atoms with Gasteiger partial charge in [0.25, 0.3) is 5.91 Å². The highest BCUT2D eigenvalue weighted by atomic mass is 32.2. The van der Waals surface area contributed by atoms with E-state index >= 15 is 0 Å². The van der Waals surface area contributed by atoms with E-state index in [2.05, 4.69) is 35.1 Å². The molecule has 6 heteroatoms. The molecule has 1 N–H and O–H groups in total. The Morgan fingerprint density at radius 3 is 2.67 bits per heavy atom. The molecule has 0 unspecified atom stereocenters. The van der Waals surface area contributed by atoms with E-state index in [9.17, 15) is 9.18 Å². The number of nitrogens with zero attached hydrogens (tertiary/aromatic N) is 2. The normalized spacial score (nSPS) is 20.4. The second-order valence-electron chi connectivity index (χ2n) is 8.20. The van der Waals surface area contributed by atoms with Crippen LogP contribution in [-0.4, -0.2) is 23.7 Å². The molecule has 30 heavy (non-hydrogen) atoms. The maximum Gasteiger partial charge on any atom is 0.264 e. The Labute approximate surface area is 180 Å². The molecule has 4 nitrogen and oxygen atoms in total. The quantitative estimate of drug-likeness (QED) is 0.637. The van der Waals surface area contributed by atoms with Crippen molar-refractivity contribution in [2.75, 3.05) is 11.9 Å². The van der Waals surface area contributed by atoms with Crippen LogP contribution in [0.5, 0.6) is 0 Å². The molecule has 1 fully saturated rings. The van der Waals surface area contributed by atoms with E-state index < -0.39 is 0 Å². The SMILES string of the molecule is CC1=CC(C)(C)N(C)c2cc(F)c(/C=C3/SC(=Nc4ccccc4C)NC3=O)cc21. The van der Waals surface area contributed by atoms with Crippen molar-refractivity contribution in [2.45, 2.75) is 33.2 Å². The van der Waals surface area contributed by atoms with Crippen LogP contribution in [0, 0.1) is 12.7 Å². The van der Waals surface area contributed by atoms with Gasteiger partial charge in [0.15, 0.2) is 5.17 Å². The van der Waals surface area contributed by atoms with E-state index in [-0.39, 0.29) is 17.3 Å². The number of amidine groups is 1. The minimum atomic E-state index is -0.351. The molecule has 154 valence electrons. The third-order valence-electron chi connectivity index (χ3n) is 5.61. The van der Waals surface area contributed by atoms with Crippen molar-refractivity contribution in [3.05, 3.63) is 69.9 Å². The Balaban J connectivity index is 1.68. The molecule has 2 heterocycles. The van der Waals surface area contributed by atoms with E-state index in [4.69, 9.17) is 0 Å². The molecule has 1 saturated heterocycles. The van der Waals surface area contributed by atoms with Gasteiger partial charge in [-0.05, 0) is 74.9 Å². The average molecular weight is 422 g/mol. The zero-order valence-corrected chi connectivity index (χ0v) is 18.5. The lowest BCUT2D eigenvalue weighted by molar-refractivity contribution is -0.115. The van der Waals surface area contributed by atoms with Gasteiger partial charge in [-0.3, -0.25) is 4.79 Å². The van der Waals surface area contributed by atoms with Crippen molar-refractivity contribution in [1.29, 1.82) is 0 Å². The van der Waals surface area contributed by atoms with Crippen molar-refractivity contribution in [3.63, 3.8) is 0 Å². The number of hydrogen-bond acceptors (Lipinski definition) is 4. The fourth-order valence-corrected chi connectivity index (χ4v) is 4.54. The molecule has 0 bridgehead atoms. The van der Waals surface area contributed by atoms with Crippen molar-refractivity contribution >= 4 is 45.9 Å². The Morgan fingerprint density at radius 2 is 1.93 bits per heavy atom. The van der Waals surface area contributed by atoms with Crippen LogP contribution in [0.3, 0.4) is 0 Å². The largest absolute Gasteiger partial charge is 0.365 e. The fourth-order valence-electron chi connectivity index (χ4n) is 3.72. The minimum absolute atomic E-state index is 0.189. The van der Waals surface area contributed by atoms with Gasteiger partial charge in [-0.25, -0.2) is 9.38 Å². The van der Waals surface area contributed by atoms with Crippen molar-refractivity contribution in [2.24, 2.45) is 4.99 Å². The first kappa shape index (κ1) is 20.4. The maximum absolute atomic E-state index is 14.9. The van der Waals surface area contributed by atoms with E-state index in [0.717, 1.165) is 28.1 Å². The highest BCUT2D eigenvalue weighted by Gasteiger charge is 2.30. The number of carbonyl (C=O) groups excluding carboxylic acids is 1. The number of carbonyl (C=O) groups is 1. The average Bonchev–Trinajstić information content (AvgIpc) is 3.02. The molecule has 2 aliphatic heterocycles. The minimum Gasteiger partial charge on any atom is -0.365 e. The predicted octanol–water partition coefficient (Wildman–Crippen LogP) is 5.66. The number of benzene rings is 2. The van der Waals surface area contributed by atoms with Gasteiger partial charge in [0.1, 0.15) is 5.82 Å². The third kappa shape index (κ3) is 3.67. The first-order chi connectivity index (χ1) is 14.2. The summed E-state index contributed by atoms with van der Waals surface area (Å²) >= 11 is 1.22. The van der Waals surface area contributed by atoms with Crippen molar-refractivity contribution < 1.29 is 9.18 Å². The topological polar surface area (TPSA) is 44.7 Å². The summed E-state index contributed by atoms with van der Waals surface area (Å²) in [5.41, 5.74) is 4.95. The monoisotopic (exact) mass is 421 g/mol. The van der Waals surface area contributed by atoms with Crippen LogP contribution in [-0.2, 0) is 4.79 Å². The van der Waals surface area contributed by atoms with E-state index in [1.807, 2.05) is 51.2 Å². The molecule has 2 aromatic rings. The smallest absolute Gasteiger partial charge is 0.264 e. The predicted molar refractivity (Wildman–Crippen MR) is 125 cm³/mol. The number of para-hydroxylation sites is 1. The second kappa shape index (κ2) is 7.43. The molecule has 0 radical (unpaired) electrons. The zero-order chi connectivity index (χ0) is 21.6. The second-order valence-corrected chi connectivity index (χ2v) is 9.23. The van der Waals surface area contributed by atoms with Gasteiger partial charge >= 0.3 is 0 Å². The molecule has 0 aliphatic carbocycles. The van der Waals surface area contributed by atoms with Crippen LogP contribution in [0.15, 0.2) is 52.4 Å². The van der Waals surface area contributed by atoms with Gasteiger partial charge in [-0.15, -0.1) is 0 Å². The number of aliphatic imine (C=N–C) groups is 1. The number of anilines is 1. The number of rotatable bonds is 2. The molecule has 0 aromatic heterocycles. The van der Waals surface area contributed by atoms with Gasteiger partial charge in [-0.2, -0.15) is 0 Å². The molecule has 2 aromatic carbocycles. The van der Waals surface area contributed by atoms with E-state index in [0.29, 0.717) is 15.6 Å². The number of thioether (sulfide) groups is 1. The third-order valence-corrected chi connectivity index (χ3v) is 6.52. The molecular weight excluding hydrogens is 397 g/mol. The number of halogens is 1. The van der Waals surface area contributed by atoms with Gasteiger partial charge in [0.05, 0.1) is 16.1 Å². The molecule has 0 saturated carbocycles. The van der Waals surface area contributed by atoms with Crippen LogP contribution in [0.4, 0.5) is 15.8 Å². The van der Waals surface area contributed by atoms with Crippen LogP contribution < -0.4 is 10.2 Å². The standard InChI is InChI=1S/C24H24FN3OS/c1-14-8-6-7-9-19(14)26-23-27-22(29)21(30-23)11-16-10-17-15(2)13-24(3,4)28(5)20(17)12-18(16)25/h6-13H,1-5H3,(H,26,27,29)/b21-11+. The lowest BCUT2D eigenvalue weighted by atomic mass is 9.88. The molecule has 1 amide bonds. The van der Waals surface area contributed by atoms with Crippen LogP contribution in [0.2, 0.25) is 0 Å². The number of nitrogens with one attached hydrogen (secondary N) is 1.